The Labute approximate surface area is 119 Å². The Kier molecular flexibility index (Phi) is 4.61. The van der Waals surface area contributed by atoms with Gasteiger partial charge in [0.1, 0.15) is 5.03 Å². The van der Waals surface area contributed by atoms with Gasteiger partial charge in [-0.2, -0.15) is 0 Å². The Balaban J connectivity index is 2.14. The van der Waals surface area contributed by atoms with E-state index in [1.165, 1.54) is 16.7 Å². The number of hydrogen-bond acceptors (Lipinski definition) is 3. The molecule has 1 heterocycles. The van der Waals surface area contributed by atoms with Crippen LogP contribution in [0.15, 0.2) is 41.6 Å². The molecule has 2 nitrogen and oxygen atoms in total. The quantitative estimate of drug-likeness (QED) is 0.855. The zero-order valence-corrected chi connectivity index (χ0v) is 12.5. The molecule has 0 radical (unpaired) electrons. The summed E-state index contributed by atoms with van der Waals surface area (Å²) in [7, 11) is 0. The molecule has 0 saturated carbocycles. The smallest absolute Gasteiger partial charge is 0.101 e. The summed E-state index contributed by atoms with van der Waals surface area (Å²) < 4.78 is 0. The zero-order valence-electron chi connectivity index (χ0n) is 11.7. The molecule has 0 aliphatic carbocycles. The lowest BCUT2D eigenvalue weighted by molar-refractivity contribution is 0.779. The molecular weight excluding hydrogens is 252 g/mol. The summed E-state index contributed by atoms with van der Waals surface area (Å²) in [6, 6.07) is 10.7. The van der Waals surface area contributed by atoms with Crippen molar-refractivity contribution in [2.75, 3.05) is 0 Å². The second kappa shape index (κ2) is 6.22. The molecule has 1 atom stereocenters. The molecule has 0 fully saturated rings. The molecule has 0 unspecified atom stereocenters. The summed E-state index contributed by atoms with van der Waals surface area (Å²) >= 11 is 1.75. The van der Waals surface area contributed by atoms with E-state index in [1.807, 2.05) is 19.2 Å². The van der Waals surface area contributed by atoms with Gasteiger partial charge >= 0.3 is 0 Å². The van der Waals surface area contributed by atoms with Gasteiger partial charge in [-0.1, -0.05) is 35.4 Å². The molecule has 0 aliphatic heterocycles. The average molecular weight is 272 g/mol. The van der Waals surface area contributed by atoms with Crippen molar-refractivity contribution in [3.8, 4) is 0 Å². The van der Waals surface area contributed by atoms with Crippen LogP contribution in [0.3, 0.4) is 0 Å². The number of nitrogens with two attached hydrogens (primary N) is 1. The molecule has 1 aromatic heterocycles. The minimum absolute atomic E-state index is 0.0236. The number of nitrogens with zero attached hydrogens (tertiary/aromatic N) is 1. The molecule has 0 amide bonds. The number of benzene rings is 1. The minimum Gasteiger partial charge on any atom is -0.324 e. The monoisotopic (exact) mass is 272 g/mol. The molecule has 2 aromatic rings. The molecule has 0 saturated heterocycles. The molecule has 0 spiro atoms. The van der Waals surface area contributed by atoms with Gasteiger partial charge < -0.3 is 5.73 Å². The lowest BCUT2D eigenvalue weighted by Crippen LogP contribution is -2.07. The van der Waals surface area contributed by atoms with E-state index in [0.717, 1.165) is 16.3 Å². The molecular formula is C16H20N2S. The largest absolute Gasteiger partial charge is 0.324 e. The van der Waals surface area contributed by atoms with Crippen molar-refractivity contribution in [2.24, 2.45) is 5.73 Å². The molecule has 19 heavy (non-hydrogen) atoms. The predicted octanol–water partition coefficient (Wildman–Crippen LogP) is 4.01. The maximum absolute atomic E-state index is 5.98. The van der Waals surface area contributed by atoms with Crippen LogP contribution in [0.2, 0.25) is 0 Å². The predicted molar refractivity (Wildman–Crippen MR) is 82.3 cm³/mol. The summed E-state index contributed by atoms with van der Waals surface area (Å²) in [6.07, 6.45) is 1.83. The van der Waals surface area contributed by atoms with Gasteiger partial charge in [0.25, 0.3) is 0 Å². The van der Waals surface area contributed by atoms with E-state index < -0.39 is 0 Å². The summed E-state index contributed by atoms with van der Waals surface area (Å²) in [5.41, 5.74) is 11.1. The first-order valence-electron chi connectivity index (χ1n) is 6.46. The van der Waals surface area contributed by atoms with Gasteiger partial charge in [-0.3, -0.25) is 0 Å². The Morgan fingerprint density at radius 3 is 2.53 bits per heavy atom. The van der Waals surface area contributed by atoms with Crippen molar-refractivity contribution >= 4 is 11.8 Å². The summed E-state index contributed by atoms with van der Waals surface area (Å²) in [5, 5.41) is 1.04. The lowest BCUT2D eigenvalue weighted by atomic mass is 10.1. The van der Waals surface area contributed by atoms with Crippen molar-refractivity contribution in [1.82, 2.24) is 4.98 Å². The van der Waals surface area contributed by atoms with E-state index in [1.54, 1.807) is 11.8 Å². The first kappa shape index (κ1) is 14.1. The SMILES string of the molecule is Cc1cc(C)cc(CSc2ncccc2[C@H](C)N)c1. The first-order chi connectivity index (χ1) is 9.06. The van der Waals surface area contributed by atoms with Crippen LogP contribution >= 0.6 is 11.8 Å². The molecule has 0 bridgehead atoms. The van der Waals surface area contributed by atoms with Crippen molar-refractivity contribution < 1.29 is 0 Å². The highest BCUT2D eigenvalue weighted by Gasteiger charge is 2.08. The number of thioether (sulfide) groups is 1. The van der Waals surface area contributed by atoms with Crippen molar-refractivity contribution in [3.05, 3.63) is 58.8 Å². The van der Waals surface area contributed by atoms with Gasteiger partial charge in [0.05, 0.1) is 0 Å². The maximum atomic E-state index is 5.98. The molecule has 100 valence electrons. The van der Waals surface area contributed by atoms with E-state index in [0.29, 0.717) is 0 Å². The van der Waals surface area contributed by atoms with E-state index in [2.05, 4.69) is 43.1 Å². The fourth-order valence-corrected chi connectivity index (χ4v) is 3.20. The third-order valence-electron chi connectivity index (χ3n) is 2.95. The second-order valence-electron chi connectivity index (χ2n) is 4.97. The highest BCUT2D eigenvalue weighted by Crippen LogP contribution is 2.27. The summed E-state index contributed by atoms with van der Waals surface area (Å²) in [4.78, 5) is 4.44. The fourth-order valence-electron chi connectivity index (χ4n) is 2.17. The van der Waals surface area contributed by atoms with E-state index in [9.17, 15) is 0 Å². The molecule has 2 rings (SSSR count). The third kappa shape index (κ3) is 3.82. The Morgan fingerprint density at radius 1 is 1.21 bits per heavy atom. The Hall–Kier alpha value is -1.32. The number of pyridine rings is 1. The van der Waals surface area contributed by atoms with Crippen LogP contribution in [0.5, 0.6) is 0 Å². The van der Waals surface area contributed by atoms with Crippen LogP contribution in [0.1, 0.15) is 35.2 Å². The number of aromatic nitrogens is 1. The Morgan fingerprint density at radius 2 is 1.89 bits per heavy atom. The first-order valence-corrected chi connectivity index (χ1v) is 7.45. The van der Waals surface area contributed by atoms with Crippen LogP contribution in [-0.4, -0.2) is 4.98 Å². The van der Waals surface area contributed by atoms with Crippen LogP contribution in [0.25, 0.3) is 0 Å². The minimum atomic E-state index is 0.0236. The topological polar surface area (TPSA) is 38.9 Å². The third-order valence-corrected chi connectivity index (χ3v) is 4.04. The number of aryl methyl sites for hydroxylation is 2. The average Bonchev–Trinajstić information content (AvgIpc) is 2.35. The van der Waals surface area contributed by atoms with Crippen molar-refractivity contribution in [1.29, 1.82) is 0 Å². The molecule has 3 heteroatoms. The van der Waals surface area contributed by atoms with Gasteiger partial charge in [0.2, 0.25) is 0 Å². The van der Waals surface area contributed by atoms with Gasteiger partial charge in [-0.25, -0.2) is 4.98 Å². The van der Waals surface area contributed by atoms with E-state index in [-0.39, 0.29) is 6.04 Å². The summed E-state index contributed by atoms with van der Waals surface area (Å²) in [6.45, 7) is 6.27. The van der Waals surface area contributed by atoms with Crippen molar-refractivity contribution in [3.63, 3.8) is 0 Å². The van der Waals surface area contributed by atoms with Crippen LogP contribution in [-0.2, 0) is 5.75 Å². The van der Waals surface area contributed by atoms with E-state index in [4.69, 9.17) is 5.73 Å². The zero-order chi connectivity index (χ0) is 13.8. The van der Waals surface area contributed by atoms with Crippen LogP contribution < -0.4 is 5.73 Å². The maximum Gasteiger partial charge on any atom is 0.101 e. The number of hydrogen-bond donors (Lipinski definition) is 1. The summed E-state index contributed by atoms with van der Waals surface area (Å²) in [5.74, 6) is 0.930. The van der Waals surface area contributed by atoms with Gasteiger partial charge in [0, 0.05) is 23.6 Å². The standard InChI is InChI=1S/C16H20N2S/c1-11-7-12(2)9-14(8-11)10-19-16-15(13(3)17)5-4-6-18-16/h4-9,13H,10,17H2,1-3H3/t13-/m0/s1. The molecule has 2 N–H and O–H groups in total. The molecule has 0 aliphatic rings. The van der Waals surface area contributed by atoms with Gasteiger partial charge in [-0.05, 0) is 32.4 Å². The van der Waals surface area contributed by atoms with Gasteiger partial charge in [-0.15, -0.1) is 11.8 Å². The normalized spacial score (nSPS) is 12.4. The second-order valence-corrected chi connectivity index (χ2v) is 5.94. The van der Waals surface area contributed by atoms with E-state index >= 15 is 0 Å². The molecule has 1 aromatic carbocycles. The lowest BCUT2D eigenvalue weighted by Gasteiger charge is -2.11. The van der Waals surface area contributed by atoms with Crippen LogP contribution in [0, 0.1) is 13.8 Å². The highest BCUT2D eigenvalue weighted by atomic mass is 32.2. The Bertz CT molecular complexity index is 544. The number of rotatable bonds is 4. The van der Waals surface area contributed by atoms with Crippen molar-refractivity contribution in [2.45, 2.75) is 37.6 Å². The highest BCUT2D eigenvalue weighted by molar-refractivity contribution is 7.98. The fraction of sp³-hybridized carbons (Fsp3) is 0.312. The van der Waals surface area contributed by atoms with Crippen LogP contribution in [0.4, 0.5) is 0 Å². The van der Waals surface area contributed by atoms with Gasteiger partial charge in [0.15, 0.2) is 0 Å².